The van der Waals surface area contributed by atoms with Gasteiger partial charge in [-0.1, -0.05) is 24.3 Å². The van der Waals surface area contributed by atoms with Crippen LogP contribution >= 0.6 is 0 Å². The monoisotopic (exact) mass is 450 g/mol. The lowest BCUT2D eigenvalue weighted by Crippen LogP contribution is -3.13. The fourth-order valence-corrected chi connectivity index (χ4v) is 4.53. The summed E-state index contributed by atoms with van der Waals surface area (Å²) in [6, 6.07) is 16.4. The van der Waals surface area contributed by atoms with Crippen molar-refractivity contribution in [3.63, 3.8) is 0 Å². The standard InChI is InChI=1S/C24H31N7O2/c1-29(2)20-8-6-18(7-9-20)22(30-14-12-19(13-15-30)23(25)32)24-26-27-28-31(24)16-17-4-10-21(33-3)11-5-17/h4-11,19,22H,12-16H2,1-3H3,(H2,25,32)/p+1/t22-/m1/s1. The van der Waals surface area contributed by atoms with Crippen molar-refractivity contribution in [2.24, 2.45) is 11.7 Å². The third-order valence-electron chi connectivity index (χ3n) is 6.49. The van der Waals surface area contributed by atoms with Crippen molar-refractivity contribution in [1.29, 1.82) is 0 Å². The third kappa shape index (κ3) is 5.14. The number of ether oxygens (including phenoxy) is 1. The number of aromatic nitrogens is 4. The van der Waals surface area contributed by atoms with E-state index < -0.39 is 0 Å². The van der Waals surface area contributed by atoms with Crippen LogP contribution in [0.15, 0.2) is 48.5 Å². The Morgan fingerprint density at radius 3 is 2.39 bits per heavy atom. The van der Waals surface area contributed by atoms with Gasteiger partial charge in [0.15, 0.2) is 6.04 Å². The summed E-state index contributed by atoms with van der Waals surface area (Å²) in [5, 5.41) is 12.8. The molecule has 4 rings (SSSR count). The molecule has 0 bridgehead atoms. The van der Waals surface area contributed by atoms with Crippen LogP contribution < -0.4 is 20.3 Å². The van der Waals surface area contributed by atoms with Crippen LogP contribution in [0, 0.1) is 5.92 Å². The average molecular weight is 451 g/mol. The summed E-state index contributed by atoms with van der Waals surface area (Å²) in [7, 11) is 5.72. The van der Waals surface area contributed by atoms with E-state index in [1.807, 2.05) is 43.0 Å². The predicted molar refractivity (Wildman–Crippen MR) is 125 cm³/mol. The molecule has 2 heterocycles. The van der Waals surface area contributed by atoms with Gasteiger partial charge in [-0.3, -0.25) is 4.79 Å². The predicted octanol–water partition coefficient (Wildman–Crippen LogP) is 0.666. The summed E-state index contributed by atoms with van der Waals surface area (Å²) >= 11 is 0. The number of benzene rings is 2. The van der Waals surface area contributed by atoms with Crippen LogP contribution in [0.4, 0.5) is 5.69 Å². The molecule has 0 saturated carbocycles. The van der Waals surface area contributed by atoms with Crippen LogP contribution in [0.5, 0.6) is 5.75 Å². The summed E-state index contributed by atoms with van der Waals surface area (Å²) in [5.74, 6) is 1.37. The number of hydrogen-bond donors (Lipinski definition) is 2. The summed E-state index contributed by atoms with van der Waals surface area (Å²) in [4.78, 5) is 15.1. The summed E-state index contributed by atoms with van der Waals surface area (Å²) < 4.78 is 7.14. The third-order valence-corrected chi connectivity index (χ3v) is 6.49. The molecular weight excluding hydrogens is 418 g/mol. The SMILES string of the molecule is COc1ccc(Cn2nnnc2[C@@H](c2ccc(N(C)C)cc2)[NH+]2CCC(C(N)=O)CC2)cc1. The van der Waals surface area contributed by atoms with Crippen LogP contribution in [-0.4, -0.2) is 60.4 Å². The highest BCUT2D eigenvalue weighted by Gasteiger charge is 2.36. The van der Waals surface area contributed by atoms with Gasteiger partial charge in [0, 0.05) is 44.1 Å². The Labute approximate surface area is 194 Å². The number of nitrogens with two attached hydrogens (primary N) is 1. The smallest absolute Gasteiger partial charge is 0.220 e. The minimum absolute atomic E-state index is 0.0386. The van der Waals surface area contributed by atoms with Gasteiger partial charge in [0.05, 0.1) is 26.7 Å². The molecule has 3 aromatic rings. The zero-order chi connectivity index (χ0) is 23.4. The van der Waals surface area contributed by atoms with Crippen molar-refractivity contribution >= 4 is 11.6 Å². The van der Waals surface area contributed by atoms with E-state index in [4.69, 9.17) is 10.5 Å². The van der Waals surface area contributed by atoms with Crippen LogP contribution in [-0.2, 0) is 11.3 Å². The first kappa shape index (κ1) is 22.7. The number of carbonyl (C=O) groups excluding carboxylic acids is 1. The Kier molecular flexibility index (Phi) is 6.88. The molecule has 174 valence electrons. The van der Waals surface area contributed by atoms with Gasteiger partial charge >= 0.3 is 0 Å². The Balaban J connectivity index is 1.65. The number of primary amides is 1. The fraction of sp³-hybridized carbons (Fsp3) is 0.417. The molecule has 1 saturated heterocycles. The topological polar surface area (TPSA) is 104 Å². The lowest BCUT2D eigenvalue weighted by molar-refractivity contribution is -0.931. The van der Waals surface area contributed by atoms with Crippen LogP contribution in [0.3, 0.4) is 0 Å². The minimum atomic E-state index is -0.203. The van der Waals surface area contributed by atoms with E-state index in [0.29, 0.717) is 6.54 Å². The van der Waals surface area contributed by atoms with Gasteiger partial charge in [-0.2, -0.15) is 0 Å². The Morgan fingerprint density at radius 2 is 1.82 bits per heavy atom. The molecule has 33 heavy (non-hydrogen) atoms. The number of amides is 1. The number of quaternary nitrogens is 1. The van der Waals surface area contributed by atoms with Gasteiger partial charge in [-0.05, 0) is 40.3 Å². The second kappa shape index (κ2) is 9.99. The summed E-state index contributed by atoms with van der Waals surface area (Å²) in [5.41, 5.74) is 8.95. The van der Waals surface area contributed by atoms with Crippen molar-refractivity contribution < 1.29 is 14.4 Å². The number of hydrogen-bond acceptors (Lipinski definition) is 6. The fourth-order valence-electron chi connectivity index (χ4n) is 4.53. The van der Waals surface area contributed by atoms with E-state index in [1.165, 1.54) is 4.90 Å². The molecule has 0 radical (unpaired) electrons. The molecule has 1 aliphatic rings. The first-order valence-corrected chi connectivity index (χ1v) is 11.3. The van der Waals surface area contributed by atoms with Gasteiger partial charge in [0.25, 0.3) is 0 Å². The van der Waals surface area contributed by atoms with Crippen molar-refractivity contribution in [2.75, 3.05) is 39.2 Å². The molecule has 1 aliphatic heterocycles. The summed E-state index contributed by atoms with van der Waals surface area (Å²) in [6.07, 6.45) is 1.55. The first-order chi connectivity index (χ1) is 16.0. The molecule has 1 aromatic heterocycles. The number of carbonyl (C=O) groups is 1. The van der Waals surface area contributed by atoms with Crippen molar-refractivity contribution in [3.8, 4) is 5.75 Å². The number of anilines is 1. The molecule has 0 spiro atoms. The quantitative estimate of drug-likeness (QED) is 0.523. The number of rotatable bonds is 8. The molecule has 1 fully saturated rings. The molecule has 9 nitrogen and oxygen atoms in total. The summed E-state index contributed by atoms with van der Waals surface area (Å²) in [6.45, 7) is 2.24. The van der Waals surface area contributed by atoms with E-state index in [9.17, 15) is 4.79 Å². The van der Waals surface area contributed by atoms with E-state index in [2.05, 4.69) is 44.7 Å². The number of methoxy groups -OCH3 is 1. The molecule has 3 N–H and O–H groups in total. The second-order valence-electron chi connectivity index (χ2n) is 8.80. The average Bonchev–Trinajstić information content (AvgIpc) is 3.28. The zero-order valence-corrected chi connectivity index (χ0v) is 19.4. The Hall–Kier alpha value is -3.46. The maximum atomic E-state index is 11.7. The molecule has 0 aliphatic carbocycles. The molecule has 1 amide bonds. The van der Waals surface area contributed by atoms with Crippen LogP contribution in [0.2, 0.25) is 0 Å². The highest BCUT2D eigenvalue weighted by molar-refractivity contribution is 5.76. The van der Waals surface area contributed by atoms with Gasteiger partial charge in [0.2, 0.25) is 11.7 Å². The second-order valence-corrected chi connectivity index (χ2v) is 8.80. The lowest BCUT2D eigenvalue weighted by Gasteiger charge is -2.33. The molecule has 1 atom stereocenters. The highest BCUT2D eigenvalue weighted by Crippen LogP contribution is 2.23. The van der Waals surface area contributed by atoms with E-state index in [0.717, 1.165) is 54.3 Å². The molecular formula is C24H32N7O2+. The number of tetrazole rings is 1. The van der Waals surface area contributed by atoms with Gasteiger partial charge < -0.3 is 20.3 Å². The van der Waals surface area contributed by atoms with E-state index in [1.54, 1.807) is 7.11 Å². The number of piperidine rings is 1. The number of nitrogens with one attached hydrogen (secondary N) is 1. The van der Waals surface area contributed by atoms with Crippen molar-refractivity contribution in [3.05, 3.63) is 65.5 Å². The first-order valence-electron chi connectivity index (χ1n) is 11.3. The highest BCUT2D eigenvalue weighted by atomic mass is 16.5. The van der Waals surface area contributed by atoms with Crippen LogP contribution in [0.1, 0.15) is 35.8 Å². The van der Waals surface area contributed by atoms with Crippen molar-refractivity contribution in [2.45, 2.75) is 25.4 Å². The largest absolute Gasteiger partial charge is 0.497 e. The van der Waals surface area contributed by atoms with E-state index in [-0.39, 0.29) is 17.9 Å². The minimum Gasteiger partial charge on any atom is -0.497 e. The number of nitrogens with zero attached hydrogens (tertiary/aromatic N) is 5. The van der Waals surface area contributed by atoms with Crippen LogP contribution in [0.25, 0.3) is 0 Å². The Bertz CT molecular complexity index is 1060. The van der Waals surface area contributed by atoms with Gasteiger partial charge in [-0.25, -0.2) is 4.68 Å². The normalized spacial score (nSPS) is 19.1. The number of likely N-dealkylation sites (tertiary alicyclic amines) is 1. The van der Waals surface area contributed by atoms with Gasteiger partial charge in [0.1, 0.15) is 5.75 Å². The molecule has 2 aromatic carbocycles. The zero-order valence-electron chi connectivity index (χ0n) is 19.4. The Morgan fingerprint density at radius 1 is 1.15 bits per heavy atom. The molecule has 0 unspecified atom stereocenters. The van der Waals surface area contributed by atoms with Crippen molar-refractivity contribution in [1.82, 2.24) is 20.2 Å². The maximum Gasteiger partial charge on any atom is 0.220 e. The lowest BCUT2D eigenvalue weighted by atomic mass is 9.93. The maximum absolute atomic E-state index is 11.7. The molecule has 9 heteroatoms. The van der Waals surface area contributed by atoms with E-state index >= 15 is 0 Å². The van der Waals surface area contributed by atoms with Gasteiger partial charge in [-0.15, -0.1) is 5.10 Å².